The molecule has 0 saturated carbocycles. The number of nitrogens with zero attached hydrogens (tertiary/aromatic N) is 4. The summed E-state index contributed by atoms with van der Waals surface area (Å²) in [7, 11) is 0. The van der Waals surface area contributed by atoms with Crippen molar-refractivity contribution >= 4 is 39.9 Å². The second kappa shape index (κ2) is 11.0. The number of carbonyl (C=O) groups is 2. The Bertz CT molecular complexity index is 1410. The molecule has 1 aromatic carbocycles. The number of anilines is 1. The number of carbonyl (C=O) groups excluding carboxylic acids is 2. The first-order valence-electron chi connectivity index (χ1n) is 11.9. The molecular weight excluding hydrogens is 528 g/mol. The van der Waals surface area contributed by atoms with E-state index in [1.807, 2.05) is 19.1 Å². The summed E-state index contributed by atoms with van der Waals surface area (Å²) in [6, 6.07) is 12.2. The molecule has 0 bridgehead atoms. The highest BCUT2D eigenvalue weighted by Crippen LogP contribution is 2.42. The Balaban J connectivity index is 1.89. The van der Waals surface area contributed by atoms with Crippen molar-refractivity contribution in [1.82, 2.24) is 15.3 Å². The molecule has 10 nitrogen and oxygen atoms in total. The van der Waals surface area contributed by atoms with Gasteiger partial charge in [0.15, 0.2) is 11.4 Å². The molecule has 198 valence electrons. The molecule has 0 aliphatic carbocycles. The minimum Gasteiger partial charge on any atom is -0.433 e. The topological polar surface area (TPSA) is 154 Å². The van der Waals surface area contributed by atoms with Gasteiger partial charge in [-0.15, -0.1) is 0 Å². The van der Waals surface area contributed by atoms with Crippen molar-refractivity contribution in [2.24, 2.45) is 5.73 Å². The molecule has 38 heavy (non-hydrogen) atoms. The summed E-state index contributed by atoms with van der Waals surface area (Å²) in [6.07, 6.45) is -0.400. The second-order valence-electron chi connectivity index (χ2n) is 9.33. The number of pyridine rings is 1. The average molecular weight is 555 g/mol. The maximum Gasteiger partial charge on any atom is 0.398 e. The van der Waals surface area contributed by atoms with Gasteiger partial charge in [-0.1, -0.05) is 42.0 Å². The Kier molecular flexibility index (Phi) is 7.99. The number of halogens is 1. The van der Waals surface area contributed by atoms with E-state index in [1.165, 1.54) is 11.3 Å². The van der Waals surface area contributed by atoms with Crippen LogP contribution in [0.5, 0.6) is 0 Å². The van der Waals surface area contributed by atoms with E-state index in [0.717, 1.165) is 16.1 Å². The zero-order valence-corrected chi connectivity index (χ0v) is 22.6. The number of thiazole rings is 1. The average Bonchev–Trinajstić information content (AvgIpc) is 3.33. The number of aromatic nitrogens is 2. The van der Waals surface area contributed by atoms with E-state index in [4.69, 9.17) is 27.1 Å². The van der Waals surface area contributed by atoms with Crippen LogP contribution in [0.4, 0.5) is 5.13 Å². The monoisotopic (exact) mass is 554 g/mol. The van der Waals surface area contributed by atoms with Gasteiger partial charge in [0.2, 0.25) is 0 Å². The van der Waals surface area contributed by atoms with E-state index in [1.54, 1.807) is 43.0 Å². The van der Waals surface area contributed by atoms with E-state index < -0.39 is 29.7 Å². The lowest BCUT2D eigenvalue weighted by Gasteiger charge is -2.45. The number of benzene rings is 1. The number of aryl methyl sites for hydroxylation is 1. The van der Waals surface area contributed by atoms with Gasteiger partial charge in [-0.2, -0.15) is 5.26 Å². The Labute approximate surface area is 229 Å². The number of aliphatic hydroxyl groups is 1. The summed E-state index contributed by atoms with van der Waals surface area (Å²) in [4.78, 5) is 35.6. The minimum absolute atomic E-state index is 0.337. The van der Waals surface area contributed by atoms with Crippen LogP contribution in [0.2, 0.25) is 5.15 Å². The third kappa shape index (κ3) is 5.79. The van der Waals surface area contributed by atoms with Gasteiger partial charge >= 0.3 is 11.9 Å². The Hall–Kier alpha value is -3.56. The van der Waals surface area contributed by atoms with E-state index >= 15 is 0 Å². The van der Waals surface area contributed by atoms with Gasteiger partial charge in [0.1, 0.15) is 5.15 Å². The van der Waals surface area contributed by atoms with Gasteiger partial charge in [0.25, 0.3) is 0 Å². The summed E-state index contributed by atoms with van der Waals surface area (Å²) in [5, 5.41) is 24.3. The molecule has 1 aliphatic heterocycles. The number of primary amides is 1. The van der Waals surface area contributed by atoms with Crippen LogP contribution in [0.25, 0.3) is 21.7 Å². The molecule has 0 radical (unpaired) electrons. The van der Waals surface area contributed by atoms with Crippen LogP contribution in [0.3, 0.4) is 0 Å². The second-order valence-corrected chi connectivity index (χ2v) is 10.7. The molecule has 1 unspecified atom stereocenters. The number of piperazine rings is 1. The molecule has 0 spiro atoms. The van der Waals surface area contributed by atoms with Crippen LogP contribution < -0.4 is 16.0 Å². The molecule has 4 N–H and O–H groups in total. The fraction of sp³-hybridized carbons (Fsp3) is 0.346. The lowest BCUT2D eigenvalue weighted by molar-refractivity contribution is -0.162. The highest BCUT2D eigenvalue weighted by atomic mass is 35.5. The molecule has 12 heteroatoms. The van der Waals surface area contributed by atoms with Crippen molar-refractivity contribution in [3.63, 3.8) is 0 Å². The van der Waals surface area contributed by atoms with Gasteiger partial charge in [-0.25, -0.2) is 14.8 Å². The van der Waals surface area contributed by atoms with Crippen LogP contribution in [-0.2, 0) is 20.7 Å². The fourth-order valence-electron chi connectivity index (χ4n) is 4.27. The molecule has 4 rings (SSSR count). The summed E-state index contributed by atoms with van der Waals surface area (Å²) < 4.78 is 5.49. The van der Waals surface area contributed by atoms with Gasteiger partial charge in [-0.3, -0.25) is 4.79 Å². The Morgan fingerprint density at radius 1 is 1.32 bits per heavy atom. The Morgan fingerprint density at radius 2 is 2.08 bits per heavy atom. The molecular formula is C26H27ClN6O4S. The highest BCUT2D eigenvalue weighted by Gasteiger charge is 2.44. The summed E-state index contributed by atoms with van der Waals surface area (Å²) in [5.41, 5.74) is 7.24. The zero-order chi connectivity index (χ0) is 27.6. The predicted molar refractivity (Wildman–Crippen MR) is 144 cm³/mol. The maximum absolute atomic E-state index is 12.3. The van der Waals surface area contributed by atoms with Crippen molar-refractivity contribution in [3.05, 3.63) is 52.8 Å². The molecule has 2 aromatic heterocycles. The molecule has 1 aliphatic rings. The number of esters is 1. The molecule has 1 amide bonds. The largest absolute Gasteiger partial charge is 0.433 e. The van der Waals surface area contributed by atoms with Crippen LogP contribution in [-0.4, -0.2) is 57.9 Å². The lowest BCUT2D eigenvalue weighted by atomic mass is 9.95. The van der Waals surface area contributed by atoms with Gasteiger partial charge in [-0.05, 0) is 50.1 Å². The first-order valence-corrected chi connectivity index (χ1v) is 13.1. The quantitative estimate of drug-likeness (QED) is 0.237. The normalized spacial score (nSPS) is 17.6. The molecule has 2 atom stereocenters. The maximum atomic E-state index is 12.3. The van der Waals surface area contributed by atoms with Crippen molar-refractivity contribution in [2.45, 2.75) is 45.1 Å². The van der Waals surface area contributed by atoms with Crippen LogP contribution >= 0.6 is 22.9 Å². The number of nitrogens with one attached hydrogen (secondary N) is 1. The van der Waals surface area contributed by atoms with Crippen molar-refractivity contribution in [2.75, 3.05) is 18.0 Å². The number of hydrogen-bond acceptors (Lipinski definition) is 10. The van der Waals surface area contributed by atoms with Crippen LogP contribution in [0.1, 0.15) is 32.0 Å². The number of nitrogens with two attached hydrogens (primary N) is 1. The summed E-state index contributed by atoms with van der Waals surface area (Å²) in [5.74, 6) is -2.46. The van der Waals surface area contributed by atoms with Crippen molar-refractivity contribution in [1.29, 1.82) is 5.26 Å². The van der Waals surface area contributed by atoms with Crippen LogP contribution in [0, 0.1) is 11.3 Å². The van der Waals surface area contributed by atoms with Crippen LogP contribution in [0.15, 0.2) is 36.4 Å². The SMILES string of the molecule is CCc1cc(-c2sc(N3CCN[C@@H](C(C)(C)O)C3OC(=O)C(N)=O)nc2-c2cccc(C#N)c2)cc(Cl)n1. The summed E-state index contributed by atoms with van der Waals surface area (Å²) in [6.45, 7) is 5.96. The molecule has 1 fully saturated rings. The summed E-state index contributed by atoms with van der Waals surface area (Å²) >= 11 is 7.68. The molecule has 3 aromatic rings. The van der Waals surface area contributed by atoms with E-state index in [-0.39, 0.29) is 0 Å². The third-order valence-corrected chi connectivity index (χ3v) is 7.43. The number of rotatable bonds is 6. The van der Waals surface area contributed by atoms with Crippen molar-refractivity contribution in [3.8, 4) is 27.8 Å². The minimum atomic E-state index is -1.32. The fourth-order valence-corrected chi connectivity index (χ4v) is 5.63. The van der Waals surface area contributed by atoms with Gasteiger partial charge in [0.05, 0.1) is 33.8 Å². The highest BCUT2D eigenvalue weighted by molar-refractivity contribution is 7.19. The van der Waals surface area contributed by atoms with E-state index in [0.29, 0.717) is 46.6 Å². The van der Waals surface area contributed by atoms with Gasteiger partial charge < -0.3 is 25.8 Å². The van der Waals surface area contributed by atoms with E-state index in [2.05, 4.69) is 16.4 Å². The number of nitriles is 1. The van der Waals surface area contributed by atoms with Gasteiger partial charge in [0, 0.05) is 24.3 Å². The number of amides is 1. The van der Waals surface area contributed by atoms with Crippen molar-refractivity contribution < 1.29 is 19.4 Å². The number of ether oxygens (including phenoxy) is 1. The first-order chi connectivity index (χ1) is 18.0. The first kappa shape index (κ1) is 27.5. The molecule has 1 saturated heterocycles. The number of hydrogen-bond donors (Lipinski definition) is 3. The smallest absolute Gasteiger partial charge is 0.398 e. The molecule has 3 heterocycles. The predicted octanol–water partition coefficient (Wildman–Crippen LogP) is 2.86. The zero-order valence-electron chi connectivity index (χ0n) is 21.1. The van der Waals surface area contributed by atoms with E-state index in [9.17, 15) is 20.0 Å². The Morgan fingerprint density at radius 3 is 2.74 bits per heavy atom. The standard InChI is InChI=1S/C26H27ClN6O4S/c1-4-17-11-16(12-18(27)31-17)20-19(15-7-5-6-14(10-15)13-28)32-25(38-20)33-9-8-30-21(26(2,3)36)23(33)37-24(35)22(29)34/h5-7,10-12,21,23,30,36H,4,8-9H2,1-3H3,(H2,29,34)/t21-,23?/m1/s1. The lowest BCUT2D eigenvalue weighted by Crippen LogP contribution is -2.67. The third-order valence-electron chi connectivity index (χ3n) is 6.10.